The van der Waals surface area contributed by atoms with E-state index in [1.54, 1.807) is 6.20 Å². The lowest BCUT2D eigenvalue weighted by Crippen LogP contribution is -2.28. The number of rotatable bonds is 4. The second-order valence-corrected chi connectivity index (χ2v) is 5.67. The van der Waals surface area contributed by atoms with Crippen molar-refractivity contribution in [1.82, 2.24) is 19.7 Å². The molecule has 21 heavy (non-hydrogen) atoms. The second kappa shape index (κ2) is 5.71. The van der Waals surface area contributed by atoms with E-state index < -0.39 is 0 Å². The largest absolute Gasteiger partial charge is 0.346 e. The first-order chi connectivity index (χ1) is 10.2. The van der Waals surface area contributed by atoms with Gasteiger partial charge in [-0.15, -0.1) is 0 Å². The van der Waals surface area contributed by atoms with Gasteiger partial charge in [-0.05, 0) is 26.2 Å². The fourth-order valence-corrected chi connectivity index (χ4v) is 2.87. The van der Waals surface area contributed by atoms with E-state index in [0.29, 0.717) is 0 Å². The van der Waals surface area contributed by atoms with Crippen molar-refractivity contribution in [3.05, 3.63) is 29.6 Å². The molecule has 112 valence electrons. The molecule has 0 spiro atoms. The maximum absolute atomic E-state index is 12.4. The first-order valence-electron chi connectivity index (χ1n) is 7.53. The first-order valence-corrected chi connectivity index (χ1v) is 7.53. The molecule has 1 aliphatic rings. The molecular formula is C15H21N5O. The lowest BCUT2D eigenvalue weighted by atomic mass is 9.89. The van der Waals surface area contributed by atoms with E-state index in [2.05, 4.69) is 27.3 Å². The number of fused-ring (bicyclic) bond motifs is 1. The lowest BCUT2D eigenvalue weighted by molar-refractivity contribution is -0.120. The molecule has 2 aromatic rings. The highest BCUT2D eigenvalue weighted by molar-refractivity contribution is 5.92. The molecule has 3 rings (SSSR count). The molecule has 0 fully saturated rings. The van der Waals surface area contributed by atoms with Gasteiger partial charge in [0, 0.05) is 30.8 Å². The van der Waals surface area contributed by atoms with Crippen LogP contribution in [0.4, 0.5) is 5.69 Å². The van der Waals surface area contributed by atoms with Gasteiger partial charge in [-0.1, -0.05) is 6.92 Å². The number of amides is 1. The molecule has 0 radical (unpaired) electrons. The highest BCUT2D eigenvalue weighted by Gasteiger charge is 2.27. The Balaban J connectivity index is 1.63. The normalized spacial score (nSPS) is 17.5. The number of anilines is 1. The van der Waals surface area contributed by atoms with Gasteiger partial charge in [-0.25, -0.2) is 4.98 Å². The van der Waals surface area contributed by atoms with Gasteiger partial charge in [0.05, 0.1) is 17.6 Å². The van der Waals surface area contributed by atoms with Crippen molar-refractivity contribution in [3.63, 3.8) is 0 Å². The highest BCUT2D eigenvalue weighted by atomic mass is 16.1. The van der Waals surface area contributed by atoms with Crippen LogP contribution in [0.2, 0.25) is 0 Å². The van der Waals surface area contributed by atoms with Crippen molar-refractivity contribution < 1.29 is 4.79 Å². The van der Waals surface area contributed by atoms with Crippen LogP contribution in [0.5, 0.6) is 0 Å². The summed E-state index contributed by atoms with van der Waals surface area (Å²) in [4.78, 5) is 20.1. The Kier molecular flexibility index (Phi) is 3.77. The van der Waals surface area contributed by atoms with E-state index in [1.807, 2.05) is 17.8 Å². The van der Waals surface area contributed by atoms with E-state index in [9.17, 15) is 4.79 Å². The molecule has 1 amide bonds. The van der Waals surface area contributed by atoms with Crippen LogP contribution in [-0.4, -0.2) is 25.7 Å². The molecule has 0 saturated carbocycles. The predicted octanol–water partition coefficient (Wildman–Crippen LogP) is 2.07. The number of nitrogens with one attached hydrogen (secondary N) is 2. The van der Waals surface area contributed by atoms with E-state index in [0.717, 1.165) is 55.1 Å². The third kappa shape index (κ3) is 2.99. The zero-order chi connectivity index (χ0) is 14.8. The molecule has 2 heterocycles. The molecule has 1 atom stereocenters. The Morgan fingerprint density at radius 1 is 1.57 bits per heavy atom. The van der Waals surface area contributed by atoms with E-state index in [-0.39, 0.29) is 11.8 Å². The predicted molar refractivity (Wildman–Crippen MR) is 80.0 cm³/mol. The average Bonchev–Trinajstić information content (AvgIpc) is 3.03. The molecule has 2 aromatic heterocycles. The molecule has 0 saturated heterocycles. The van der Waals surface area contributed by atoms with E-state index in [1.165, 1.54) is 0 Å². The van der Waals surface area contributed by atoms with Gasteiger partial charge in [0.2, 0.25) is 5.91 Å². The monoisotopic (exact) mass is 287 g/mol. The smallest absolute Gasteiger partial charge is 0.227 e. The topological polar surface area (TPSA) is 75.6 Å². The molecule has 0 aliphatic heterocycles. The van der Waals surface area contributed by atoms with Crippen molar-refractivity contribution in [2.75, 3.05) is 5.32 Å². The Labute approximate surface area is 124 Å². The molecule has 2 N–H and O–H groups in total. The summed E-state index contributed by atoms with van der Waals surface area (Å²) >= 11 is 0. The minimum Gasteiger partial charge on any atom is -0.346 e. The zero-order valence-corrected chi connectivity index (χ0v) is 12.5. The van der Waals surface area contributed by atoms with Crippen LogP contribution < -0.4 is 5.32 Å². The number of aromatic nitrogens is 4. The van der Waals surface area contributed by atoms with Crippen molar-refractivity contribution in [2.45, 2.75) is 46.1 Å². The summed E-state index contributed by atoms with van der Waals surface area (Å²) in [6, 6.07) is 0. The number of aryl methyl sites for hydroxylation is 3. The van der Waals surface area contributed by atoms with Crippen molar-refractivity contribution in [1.29, 1.82) is 0 Å². The third-order valence-corrected chi connectivity index (χ3v) is 3.89. The number of nitrogens with zero attached hydrogens (tertiary/aromatic N) is 3. The Morgan fingerprint density at radius 3 is 3.24 bits per heavy atom. The van der Waals surface area contributed by atoms with Crippen LogP contribution in [0.1, 0.15) is 37.0 Å². The van der Waals surface area contributed by atoms with Crippen molar-refractivity contribution in [3.8, 4) is 0 Å². The summed E-state index contributed by atoms with van der Waals surface area (Å²) in [5.41, 5.74) is 3.01. The van der Waals surface area contributed by atoms with Gasteiger partial charge >= 0.3 is 0 Å². The van der Waals surface area contributed by atoms with Crippen LogP contribution in [-0.2, 0) is 24.2 Å². The zero-order valence-electron chi connectivity index (χ0n) is 12.5. The minimum absolute atomic E-state index is 0.00637. The number of hydrogen-bond acceptors (Lipinski definition) is 3. The maximum Gasteiger partial charge on any atom is 0.227 e. The summed E-state index contributed by atoms with van der Waals surface area (Å²) in [6.07, 6.45) is 7.09. The average molecular weight is 287 g/mol. The molecule has 0 aromatic carbocycles. The number of imidazole rings is 1. The summed E-state index contributed by atoms with van der Waals surface area (Å²) in [6.45, 7) is 4.93. The molecular weight excluding hydrogens is 266 g/mol. The Morgan fingerprint density at radius 2 is 2.43 bits per heavy atom. The van der Waals surface area contributed by atoms with Gasteiger partial charge in [0.25, 0.3) is 0 Å². The van der Waals surface area contributed by atoms with Crippen LogP contribution in [0.25, 0.3) is 0 Å². The number of aromatic amines is 1. The molecule has 0 bridgehead atoms. The van der Waals surface area contributed by atoms with Crippen LogP contribution in [0, 0.1) is 12.8 Å². The second-order valence-electron chi connectivity index (χ2n) is 5.67. The number of H-pyrrole nitrogens is 1. The summed E-state index contributed by atoms with van der Waals surface area (Å²) in [5.74, 6) is 1.01. The first kappa shape index (κ1) is 13.9. The summed E-state index contributed by atoms with van der Waals surface area (Å²) in [5, 5.41) is 7.20. The Hall–Kier alpha value is -2.11. The van der Waals surface area contributed by atoms with Gasteiger partial charge in [-0.3, -0.25) is 9.48 Å². The molecule has 6 heteroatoms. The van der Waals surface area contributed by atoms with E-state index in [4.69, 9.17) is 0 Å². The van der Waals surface area contributed by atoms with Gasteiger partial charge < -0.3 is 10.3 Å². The third-order valence-electron chi connectivity index (χ3n) is 3.89. The van der Waals surface area contributed by atoms with Crippen molar-refractivity contribution >= 4 is 11.6 Å². The van der Waals surface area contributed by atoms with Gasteiger partial charge in [-0.2, -0.15) is 5.10 Å². The summed E-state index contributed by atoms with van der Waals surface area (Å²) < 4.78 is 1.85. The van der Waals surface area contributed by atoms with E-state index >= 15 is 0 Å². The van der Waals surface area contributed by atoms with Crippen LogP contribution in [0.15, 0.2) is 12.4 Å². The van der Waals surface area contributed by atoms with Crippen molar-refractivity contribution in [2.24, 2.45) is 5.92 Å². The number of carbonyl (C=O) groups excluding carboxylic acids is 1. The molecule has 1 unspecified atom stereocenters. The van der Waals surface area contributed by atoms with Gasteiger partial charge in [0.15, 0.2) is 0 Å². The lowest BCUT2D eigenvalue weighted by Gasteiger charge is -2.20. The molecule has 1 aliphatic carbocycles. The summed E-state index contributed by atoms with van der Waals surface area (Å²) in [7, 11) is 0. The highest BCUT2D eigenvalue weighted by Crippen LogP contribution is 2.25. The standard InChI is InChI=1S/C15H21N5O/c1-3-6-20-9-12(8-16-20)19-15(21)11-4-5-13-14(7-11)18-10(2)17-13/h8-9,11H,3-7H2,1-2H3,(H,17,18)(H,19,21). The van der Waals surface area contributed by atoms with Gasteiger partial charge in [0.1, 0.15) is 5.82 Å². The fraction of sp³-hybridized carbons (Fsp3) is 0.533. The van der Waals surface area contributed by atoms with Crippen LogP contribution in [0.3, 0.4) is 0 Å². The maximum atomic E-state index is 12.4. The fourth-order valence-electron chi connectivity index (χ4n) is 2.87. The number of carbonyl (C=O) groups is 1. The quantitative estimate of drug-likeness (QED) is 0.904. The van der Waals surface area contributed by atoms with Crippen LogP contribution >= 0.6 is 0 Å². The SMILES string of the molecule is CCCn1cc(NC(=O)C2CCc3nc(C)[nH]c3C2)cn1. The minimum atomic E-state index is 0.00637. The molecule has 6 nitrogen and oxygen atoms in total. The Bertz CT molecular complexity index is 642. The number of hydrogen-bond donors (Lipinski definition) is 2.